The predicted molar refractivity (Wildman–Crippen MR) is 157 cm³/mol. The van der Waals surface area contributed by atoms with E-state index in [0.717, 1.165) is 68.4 Å². The molecule has 2 aromatic carbocycles. The average Bonchev–Trinajstić information content (AvgIpc) is 3.74. The summed E-state index contributed by atoms with van der Waals surface area (Å²) in [5.74, 6) is 2.29. The molecule has 0 N–H and O–H groups in total. The van der Waals surface area contributed by atoms with Crippen LogP contribution in [0.15, 0.2) is 81.6 Å². The maximum absolute atomic E-state index is 7.23. The van der Waals surface area contributed by atoms with Crippen LogP contribution in [-0.2, 0) is 0 Å². The Hall–Kier alpha value is -3.26. The van der Waals surface area contributed by atoms with Crippen molar-refractivity contribution < 1.29 is 9.47 Å². The molecule has 3 heterocycles. The highest BCUT2D eigenvalue weighted by atomic mass is 32.1. The number of hydrogen-bond donors (Lipinski definition) is 0. The van der Waals surface area contributed by atoms with Crippen LogP contribution in [0.25, 0.3) is 31.9 Å². The summed E-state index contributed by atoms with van der Waals surface area (Å²) in [6.07, 6.45) is 5.75. The molecule has 5 aromatic rings. The summed E-state index contributed by atoms with van der Waals surface area (Å²) in [5.41, 5.74) is 11.1. The van der Waals surface area contributed by atoms with Crippen molar-refractivity contribution in [1.29, 1.82) is 0 Å². The molecule has 2 saturated carbocycles. The van der Waals surface area contributed by atoms with E-state index in [-0.39, 0.29) is 6.10 Å². The van der Waals surface area contributed by atoms with Crippen LogP contribution in [0.1, 0.15) is 37.7 Å². The number of allylic oxidation sites excluding steroid dienone is 2. The molecule has 8 rings (SSSR count). The van der Waals surface area contributed by atoms with E-state index in [4.69, 9.17) is 18.2 Å². The fourth-order valence-electron chi connectivity index (χ4n) is 6.20. The van der Waals surface area contributed by atoms with Crippen LogP contribution >= 0.6 is 34.4 Å². The molecule has 3 aliphatic carbocycles. The highest BCUT2D eigenvalue weighted by molar-refractivity contribution is 7.14. The normalized spacial score (nSPS) is 16.8. The van der Waals surface area contributed by atoms with Gasteiger partial charge in [0.2, 0.25) is 0 Å². The number of hydrogen-bond acceptors (Lipinski definition) is 7. The van der Waals surface area contributed by atoms with Gasteiger partial charge in [0.1, 0.15) is 22.9 Å². The first-order valence-electron chi connectivity index (χ1n) is 13.0. The predicted octanol–water partition coefficient (Wildman–Crippen LogP) is 9.58. The van der Waals surface area contributed by atoms with E-state index in [1.807, 2.05) is 12.1 Å². The van der Waals surface area contributed by atoms with E-state index in [1.54, 1.807) is 33.8 Å². The second-order valence-corrected chi connectivity index (χ2v) is 12.6. The summed E-state index contributed by atoms with van der Waals surface area (Å²) < 4.78 is 23.7. The monoisotopic (exact) mass is 552 g/mol. The highest BCUT2D eigenvalue weighted by Gasteiger charge is 2.40. The van der Waals surface area contributed by atoms with E-state index in [2.05, 4.69) is 54.1 Å². The maximum atomic E-state index is 7.23. The van der Waals surface area contributed by atoms with Crippen LogP contribution in [0.3, 0.4) is 0 Å². The van der Waals surface area contributed by atoms with Gasteiger partial charge in [-0.1, -0.05) is 41.0 Å². The van der Waals surface area contributed by atoms with Crippen molar-refractivity contribution in [2.24, 2.45) is 0 Å². The van der Waals surface area contributed by atoms with E-state index in [1.165, 1.54) is 41.3 Å². The van der Waals surface area contributed by atoms with Gasteiger partial charge in [-0.2, -0.15) is 8.75 Å². The third kappa shape index (κ3) is 3.52. The Bertz CT molecular complexity index is 1720. The lowest BCUT2D eigenvalue weighted by atomic mass is 9.95. The van der Waals surface area contributed by atoms with Crippen LogP contribution < -0.4 is 9.47 Å². The number of rotatable bonds is 6. The molecule has 0 unspecified atom stereocenters. The first-order chi connectivity index (χ1) is 18.7. The lowest BCUT2D eigenvalue weighted by molar-refractivity contribution is 0.267. The molecule has 0 atom stereocenters. The lowest BCUT2D eigenvalue weighted by Gasteiger charge is -2.26. The van der Waals surface area contributed by atoms with Gasteiger partial charge in [0.05, 0.1) is 22.9 Å². The van der Waals surface area contributed by atoms with Crippen molar-refractivity contribution in [2.75, 3.05) is 0 Å². The first-order valence-corrected chi connectivity index (χ1v) is 15.5. The summed E-state index contributed by atoms with van der Waals surface area (Å²) in [6, 6.07) is 16.7. The minimum absolute atomic E-state index is 0.00411. The molecule has 4 nitrogen and oxygen atoms in total. The van der Waals surface area contributed by atoms with Crippen molar-refractivity contribution >= 4 is 45.4 Å². The Morgan fingerprint density at radius 3 is 1.92 bits per heavy atom. The highest BCUT2D eigenvalue weighted by Crippen LogP contribution is 2.56. The number of ether oxygens (including phenoxy) is 2. The van der Waals surface area contributed by atoms with Gasteiger partial charge in [-0.15, -0.1) is 22.7 Å². The van der Waals surface area contributed by atoms with Gasteiger partial charge in [0.15, 0.2) is 11.5 Å². The third-order valence-electron chi connectivity index (χ3n) is 7.99. The third-order valence-corrected chi connectivity index (χ3v) is 10.3. The van der Waals surface area contributed by atoms with Crippen LogP contribution in [0, 0.1) is 6.92 Å². The molecule has 0 saturated heterocycles. The summed E-state index contributed by atoms with van der Waals surface area (Å²) >= 11 is 4.64. The van der Waals surface area contributed by atoms with E-state index >= 15 is 0 Å². The minimum atomic E-state index is -0.00411. The van der Waals surface area contributed by atoms with E-state index in [0.29, 0.717) is 0 Å². The van der Waals surface area contributed by atoms with Crippen LogP contribution in [0.2, 0.25) is 0 Å². The van der Waals surface area contributed by atoms with Gasteiger partial charge >= 0.3 is 0 Å². The maximum Gasteiger partial charge on any atom is 0.181 e. The quantitative estimate of drug-likeness (QED) is 0.197. The molecule has 188 valence electrons. The SMILES string of the molecule is Cc1ccc(Oc2c(OC3C4=C5CCC(=C3CC4)C5)c(-c3cccs3)c3nsnc3c2-c2cccs2)cc1. The topological polar surface area (TPSA) is 44.2 Å². The summed E-state index contributed by atoms with van der Waals surface area (Å²) in [4.78, 5) is 2.22. The van der Waals surface area contributed by atoms with Gasteiger partial charge in [0.25, 0.3) is 0 Å². The minimum Gasteiger partial charge on any atom is -0.477 e. The number of aromatic nitrogens is 2. The average molecular weight is 553 g/mol. The molecule has 7 heteroatoms. The van der Waals surface area contributed by atoms with Crippen molar-refractivity contribution in [3.05, 3.63) is 87.1 Å². The Balaban J connectivity index is 1.42. The number of nitrogens with zero attached hydrogens (tertiary/aromatic N) is 2. The van der Waals surface area contributed by atoms with Gasteiger partial charge in [-0.3, -0.25) is 0 Å². The van der Waals surface area contributed by atoms with Gasteiger partial charge < -0.3 is 9.47 Å². The molecular weight excluding hydrogens is 529 g/mol. The van der Waals surface area contributed by atoms with Crippen molar-refractivity contribution in [1.82, 2.24) is 8.75 Å². The zero-order valence-corrected chi connectivity index (χ0v) is 23.3. The molecule has 38 heavy (non-hydrogen) atoms. The zero-order chi connectivity index (χ0) is 25.2. The second kappa shape index (κ2) is 8.90. The Morgan fingerprint density at radius 2 is 1.34 bits per heavy atom. The van der Waals surface area contributed by atoms with Crippen molar-refractivity contribution in [2.45, 2.75) is 45.1 Å². The Morgan fingerprint density at radius 1 is 0.737 bits per heavy atom. The molecule has 3 aliphatic rings. The van der Waals surface area contributed by atoms with Gasteiger partial charge in [-0.05, 0) is 85.2 Å². The van der Waals surface area contributed by atoms with E-state index in [9.17, 15) is 0 Å². The molecular formula is C31H24N2O2S3. The van der Waals surface area contributed by atoms with Gasteiger partial charge in [-0.25, -0.2) is 0 Å². The number of thiophene rings is 2. The van der Waals surface area contributed by atoms with Crippen molar-refractivity contribution in [3.63, 3.8) is 0 Å². The number of fused-ring (bicyclic) bond motifs is 5. The smallest absolute Gasteiger partial charge is 0.181 e. The van der Waals surface area contributed by atoms with Gasteiger partial charge in [0, 0.05) is 9.75 Å². The second-order valence-electron chi connectivity index (χ2n) is 10.2. The summed E-state index contributed by atoms with van der Waals surface area (Å²) in [6.45, 7) is 2.09. The fraction of sp³-hybridized carbons (Fsp3) is 0.226. The molecule has 4 bridgehead atoms. The molecule has 0 spiro atoms. The fourth-order valence-corrected chi connectivity index (χ4v) is 8.30. The summed E-state index contributed by atoms with van der Waals surface area (Å²) in [7, 11) is 0. The lowest BCUT2D eigenvalue weighted by Crippen LogP contribution is -2.21. The van der Waals surface area contributed by atoms with Crippen LogP contribution in [0.5, 0.6) is 17.2 Å². The Labute approximate surface area is 233 Å². The largest absolute Gasteiger partial charge is 0.477 e. The molecule has 3 aromatic heterocycles. The van der Waals surface area contributed by atoms with E-state index < -0.39 is 0 Å². The summed E-state index contributed by atoms with van der Waals surface area (Å²) in [5, 5.41) is 4.21. The first kappa shape index (κ1) is 22.7. The Kier molecular flexibility index (Phi) is 5.32. The standard InChI is InChI=1S/C31H24N2O2S3/c1-17-6-10-20(11-7-17)34-30-25(23-4-2-14-36-23)27-28(33-38-32-27)26(24-5-3-15-37-24)31(30)35-29-21-12-13-22(29)19-9-8-18(21)16-19/h2-7,10-11,14-15,29H,8-9,12-13,16H2,1H3. The van der Waals surface area contributed by atoms with Crippen LogP contribution in [-0.4, -0.2) is 14.9 Å². The number of benzene rings is 2. The molecule has 0 amide bonds. The molecule has 0 radical (unpaired) electrons. The zero-order valence-electron chi connectivity index (χ0n) is 20.8. The number of aryl methyl sites for hydroxylation is 1. The molecule has 0 aliphatic heterocycles. The van der Waals surface area contributed by atoms with Crippen molar-refractivity contribution in [3.8, 4) is 38.1 Å². The van der Waals surface area contributed by atoms with Crippen LogP contribution in [0.4, 0.5) is 0 Å². The molecule has 2 fully saturated rings.